The Hall–Kier alpha value is -0.420. The number of hydrogen-bond acceptors (Lipinski definition) is 3. The third-order valence-electron chi connectivity index (χ3n) is 1.29. The lowest BCUT2D eigenvalue weighted by Crippen LogP contribution is -2.01. The van der Waals surface area contributed by atoms with Gasteiger partial charge < -0.3 is 5.73 Å². The van der Waals surface area contributed by atoms with Crippen LogP contribution in [0.3, 0.4) is 0 Å². The summed E-state index contributed by atoms with van der Waals surface area (Å²) < 4.78 is 0.505. The van der Waals surface area contributed by atoms with Gasteiger partial charge in [-0.2, -0.15) is 0 Å². The van der Waals surface area contributed by atoms with Gasteiger partial charge in [0.1, 0.15) is 4.60 Å². The average Bonchev–Trinajstić information content (AvgIpc) is 1.85. The maximum atomic E-state index is 10.9. The van der Waals surface area contributed by atoms with E-state index in [-0.39, 0.29) is 22.8 Å². The van der Waals surface area contributed by atoms with Crippen molar-refractivity contribution in [1.29, 1.82) is 0 Å². The summed E-state index contributed by atoms with van der Waals surface area (Å²) in [6.45, 7) is 1.46. The number of hydrogen-bond donors (Lipinski definition) is 1. The van der Waals surface area contributed by atoms with Crippen molar-refractivity contribution in [2.45, 2.75) is 6.92 Å². The minimum absolute atomic E-state index is 0. The number of pyridine rings is 1. The van der Waals surface area contributed by atoms with Gasteiger partial charge in [-0.15, -0.1) is 17.0 Å². The van der Waals surface area contributed by atoms with Crippen LogP contribution in [0.5, 0.6) is 0 Å². The molecule has 1 aromatic rings. The molecule has 3 nitrogen and oxygen atoms in total. The van der Waals surface area contributed by atoms with Crippen molar-refractivity contribution in [3.8, 4) is 0 Å². The van der Waals surface area contributed by atoms with Crippen LogP contribution in [0.2, 0.25) is 0 Å². The van der Waals surface area contributed by atoms with Gasteiger partial charge in [0, 0.05) is 11.9 Å². The molecule has 0 fully saturated rings. The lowest BCUT2D eigenvalue weighted by molar-refractivity contribution is 0.101. The van der Waals surface area contributed by atoms with E-state index in [1.54, 1.807) is 12.3 Å². The molecule has 1 rings (SSSR count). The number of carbonyl (C=O) groups is 1. The molecule has 0 aromatic carbocycles. The van der Waals surface area contributed by atoms with Gasteiger partial charge in [0.05, 0.1) is 5.56 Å². The summed E-state index contributed by atoms with van der Waals surface area (Å²) in [5.74, 6) is -0.0810. The topological polar surface area (TPSA) is 56.0 Å². The molecule has 0 saturated heterocycles. The maximum absolute atomic E-state index is 10.9. The Bertz CT molecular complexity index is 281. The number of nitrogens with two attached hydrogens (primary N) is 1. The molecule has 0 unspecified atom stereocenters. The molecule has 0 saturated carbocycles. The number of carbonyl (C=O) groups excluding carboxylic acids is 1. The highest BCUT2D eigenvalue weighted by Crippen LogP contribution is 2.19. The van der Waals surface area contributed by atoms with Crippen LogP contribution in [-0.4, -0.2) is 10.8 Å². The van der Waals surface area contributed by atoms with Crippen molar-refractivity contribution in [3.05, 3.63) is 22.4 Å². The summed E-state index contributed by atoms with van der Waals surface area (Å²) in [6.07, 6.45) is 1.55. The number of halogens is 2. The molecule has 5 heteroatoms. The van der Waals surface area contributed by atoms with Gasteiger partial charge in [-0.1, -0.05) is 0 Å². The van der Waals surface area contributed by atoms with Crippen molar-refractivity contribution < 1.29 is 4.79 Å². The zero-order valence-corrected chi connectivity index (χ0v) is 9.67. The quantitative estimate of drug-likeness (QED) is 0.638. The largest absolute Gasteiger partial charge is 0.398 e. The minimum Gasteiger partial charge on any atom is -0.398 e. The summed E-state index contributed by atoms with van der Waals surface area (Å²) in [6, 6.07) is 1.60. The number of nitrogen functional groups attached to an aromatic ring is 1. The Morgan fingerprint density at radius 2 is 2.25 bits per heavy atom. The van der Waals surface area contributed by atoms with Crippen molar-refractivity contribution >= 4 is 44.4 Å². The van der Waals surface area contributed by atoms with Crippen LogP contribution in [0.15, 0.2) is 16.9 Å². The zero-order chi connectivity index (χ0) is 8.43. The second kappa shape index (κ2) is 4.57. The molecule has 0 amide bonds. The fourth-order valence-corrected chi connectivity index (χ4v) is 1.42. The van der Waals surface area contributed by atoms with E-state index < -0.39 is 0 Å². The summed E-state index contributed by atoms with van der Waals surface area (Å²) in [7, 11) is 0. The van der Waals surface area contributed by atoms with Crippen LogP contribution in [0.4, 0.5) is 5.69 Å². The monoisotopic (exact) mass is 294 g/mol. The Kier molecular flexibility index (Phi) is 4.41. The van der Waals surface area contributed by atoms with Gasteiger partial charge in [0.2, 0.25) is 0 Å². The fourth-order valence-electron chi connectivity index (χ4n) is 0.799. The van der Waals surface area contributed by atoms with E-state index in [0.717, 1.165) is 0 Å². The Morgan fingerprint density at radius 3 is 2.58 bits per heavy atom. The molecule has 0 aliphatic carbocycles. The Labute approximate surface area is 89.3 Å². The molecule has 2 N–H and O–H groups in total. The van der Waals surface area contributed by atoms with E-state index in [2.05, 4.69) is 20.9 Å². The van der Waals surface area contributed by atoms with Gasteiger partial charge in [-0.25, -0.2) is 4.98 Å². The highest BCUT2D eigenvalue weighted by Gasteiger charge is 2.08. The van der Waals surface area contributed by atoms with Crippen molar-refractivity contribution in [2.24, 2.45) is 0 Å². The van der Waals surface area contributed by atoms with Crippen LogP contribution >= 0.6 is 32.9 Å². The molecule has 1 heterocycles. The lowest BCUT2D eigenvalue weighted by atomic mass is 10.2. The van der Waals surface area contributed by atoms with E-state index in [4.69, 9.17) is 5.73 Å². The Morgan fingerprint density at radius 1 is 1.67 bits per heavy atom. The molecule has 0 atom stereocenters. The van der Waals surface area contributed by atoms with Gasteiger partial charge >= 0.3 is 0 Å². The van der Waals surface area contributed by atoms with Gasteiger partial charge in [0.25, 0.3) is 0 Å². The number of ketones is 1. The molecule has 0 aliphatic rings. The molecule has 0 bridgehead atoms. The van der Waals surface area contributed by atoms with Gasteiger partial charge in [-0.3, -0.25) is 4.79 Å². The second-order valence-electron chi connectivity index (χ2n) is 2.12. The van der Waals surface area contributed by atoms with Crippen LogP contribution in [0.1, 0.15) is 17.3 Å². The highest BCUT2D eigenvalue weighted by atomic mass is 79.9. The first kappa shape index (κ1) is 11.6. The number of nitrogens with zero attached hydrogens (tertiary/aromatic N) is 1. The van der Waals surface area contributed by atoms with Crippen molar-refractivity contribution in [3.63, 3.8) is 0 Å². The molecule has 66 valence electrons. The minimum atomic E-state index is -0.0810. The lowest BCUT2D eigenvalue weighted by Gasteiger charge is -2.01. The van der Waals surface area contributed by atoms with Gasteiger partial charge in [0.15, 0.2) is 5.78 Å². The van der Waals surface area contributed by atoms with Crippen molar-refractivity contribution in [2.75, 3.05) is 5.73 Å². The van der Waals surface area contributed by atoms with Crippen LogP contribution in [0, 0.1) is 0 Å². The van der Waals surface area contributed by atoms with Crippen LogP contribution in [-0.2, 0) is 0 Å². The third-order valence-corrected chi connectivity index (χ3v) is 1.89. The first-order valence-corrected chi connectivity index (χ1v) is 3.83. The van der Waals surface area contributed by atoms with Crippen molar-refractivity contribution in [1.82, 2.24) is 4.98 Å². The van der Waals surface area contributed by atoms with E-state index in [0.29, 0.717) is 15.9 Å². The van der Waals surface area contributed by atoms with E-state index in [1.165, 1.54) is 6.92 Å². The molecular formula is C7H8Br2N2O. The summed E-state index contributed by atoms with van der Waals surface area (Å²) in [5.41, 5.74) is 6.44. The normalized spacial score (nSPS) is 8.83. The number of Topliss-reactive ketones (excluding diaryl/α,β-unsaturated/α-hetero) is 1. The Balaban J connectivity index is 0.00000121. The summed E-state index contributed by atoms with van der Waals surface area (Å²) in [5, 5.41) is 0. The van der Waals surface area contributed by atoms with E-state index in [1.807, 2.05) is 0 Å². The molecule has 12 heavy (non-hydrogen) atoms. The first-order valence-electron chi connectivity index (χ1n) is 3.04. The SMILES string of the molecule is Br.CC(=O)c1c(N)ccnc1Br. The van der Waals surface area contributed by atoms with Gasteiger partial charge in [-0.05, 0) is 28.9 Å². The predicted octanol–water partition coefficient (Wildman–Crippen LogP) is 2.21. The fraction of sp³-hybridized carbons (Fsp3) is 0.143. The smallest absolute Gasteiger partial charge is 0.164 e. The van der Waals surface area contributed by atoms with Crippen LogP contribution < -0.4 is 5.73 Å². The molecule has 0 aliphatic heterocycles. The summed E-state index contributed by atoms with van der Waals surface area (Å²) >= 11 is 3.14. The molecular weight excluding hydrogens is 288 g/mol. The number of rotatable bonds is 1. The molecule has 0 radical (unpaired) electrons. The molecule has 0 spiro atoms. The summed E-state index contributed by atoms with van der Waals surface area (Å²) in [4.78, 5) is 14.8. The average molecular weight is 296 g/mol. The van der Waals surface area contributed by atoms with E-state index >= 15 is 0 Å². The number of anilines is 1. The first-order chi connectivity index (χ1) is 5.13. The second-order valence-corrected chi connectivity index (χ2v) is 2.87. The predicted molar refractivity (Wildman–Crippen MR) is 56.7 cm³/mol. The maximum Gasteiger partial charge on any atom is 0.164 e. The third kappa shape index (κ3) is 2.28. The number of aromatic nitrogens is 1. The standard InChI is InChI=1S/C7H7BrN2O.BrH/c1-4(11)6-5(9)2-3-10-7(6)8;/h2-3H,1H3,(H2,9,10);1H. The highest BCUT2D eigenvalue weighted by molar-refractivity contribution is 9.10. The zero-order valence-electron chi connectivity index (χ0n) is 6.37. The van der Waals surface area contributed by atoms with Crippen LogP contribution in [0.25, 0.3) is 0 Å². The molecule has 1 aromatic heterocycles. The van der Waals surface area contributed by atoms with E-state index in [9.17, 15) is 4.79 Å².